The van der Waals surface area contributed by atoms with Crippen LogP contribution in [0.25, 0.3) is 11.4 Å². The molecule has 2 heterocycles. The molecule has 0 atom stereocenters. The highest BCUT2D eigenvalue weighted by molar-refractivity contribution is 6.03. The summed E-state index contributed by atoms with van der Waals surface area (Å²) >= 11 is 0. The van der Waals surface area contributed by atoms with Gasteiger partial charge in [-0.3, -0.25) is 14.2 Å². The monoisotopic (exact) mass is 576 g/mol. The molecule has 10 nitrogen and oxygen atoms in total. The van der Waals surface area contributed by atoms with Gasteiger partial charge in [0.2, 0.25) is 0 Å². The third-order valence-corrected chi connectivity index (χ3v) is 6.60. The molecule has 0 saturated carbocycles. The first-order valence-electron chi connectivity index (χ1n) is 12.9. The highest BCUT2D eigenvalue weighted by atomic mass is 19.1. The predicted octanol–water partition coefficient (Wildman–Crippen LogP) is 4.41. The van der Waals surface area contributed by atoms with Gasteiger partial charge >= 0.3 is 5.69 Å². The van der Waals surface area contributed by atoms with Crippen LogP contribution in [0.5, 0.6) is 17.2 Å². The van der Waals surface area contributed by atoms with E-state index in [2.05, 4.69) is 10.6 Å². The molecule has 5 rings (SSSR count). The Morgan fingerprint density at radius 2 is 1.69 bits per heavy atom. The maximum absolute atomic E-state index is 15.2. The average Bonchev–Trinajstić information content (AvgIpc) is 2.99. The number of aryl methyl sites for hydroxylation is 1. The van der Waals surface area contributed by atoms with E-state index in [1.807, 2.05) is 0 Å². The third-order valence-electron chi connectivity index (χ3n) is 6.60. The molecule has 2 N–H and O–H groups in total. The number of anilines is 2. The van der Waals surface area contributed by atoms with Crippen LogP contribution >= 0.6 is 0 Å². The minimum Gasteiger partial charge on any atom is -0.493 e. The van der Waals surface area contributed by atoms with E-state index in [4.69, 9.17) is 14.2 Å². The maximum Gasteiger partial charge on any atom is 0.335 e. The summed E-state index contributed by atoms with van der Waals surface area (Å²) < 4.78 is 47.1. The van der Waals surface area contributed by atoms with Crippen molar-refractivity contribution in [3.05, 3.63) is 110 Å². The molecule has 0 radical (unpaired) electrons. The zero-order chi connectivity index (χ0) is 30.0. The van der Waals surface area contributed by atoms with Crippen molar-refractivity contribution in [2.45, 2.75) is 13.5 Å². The quantitative estimate of drug-likeness (QED) is 0.320. The Bertz CT molecular complexity index is 1830. The number of nitrogens with zero attached hydrogens (tertiary/aromatic N) is 2. The number of carbonyl (C=O) groups excluding carboxylic acids is 1. The summed E-state index contributed by atoms with van der Waals surface area (Å²) in [6, 6.07) is 12.0. The fraction of sp³-hybridized carbons (Fsp3) is 0.167. The number of carbonyl (C=O) groups is 1. The molecule has 1 aliphatic heterocycles. The van der Waals surface area contributed by atoms with Crippen molar-refractivity contribution in [3.63, 3.8) is 0 Å². The number of hydrogen-bond donors (Lipinski definition) is 2. The van der Waals surface area contributed by atoms with Gasteiger partial charge < -0.3 is 24.8 Å². The predicted molar refractivity (Wildman–Crippen MR) is 153 cm³/mol. The second-order valence-electron chi connectivity index (χ2n) is 9.13. The van der Waals surface area contributed by atoms with E-state index in [1.54, 1.807) is 25.1 Å². The number of fused-ring (bicyclic) bond motifs is 1. The van der Waals surface area contributed by atoms with E-state index in [9.17, 15) is 18.8 Å². The van der Waals surface area contributed by atoms with E-state index in [1.165, 1.54) is 43.1 Å². The molecule has 0 spiro atoms. The molecule has 1 aliphatic rings. The number of benzene rings is 3. The lowest BCUT2D eigenvalue weighted by Gasteiger charge is -2.22. The molecular weight excluding hydrogens is 550 g/mol. The number of ether oxygens (including phenoxy) is 3. The topological polar surface area (TPSA) is 113 Å². The molecule has 12 heteroatoms. The zero-order valence-corrected chi connectivity index (χ0v) is 22.9. The summed E-state index contributed by atoms with van der Waals surface area (Å²) in [4.78, 5) is 39.1. The van der Waals surface area contributed by atoms with Crippen molar-refractivity contribution in [1.82, 2.24) is 9.13 Å². The van der Waals surface area contributed by atoms with Crippen LogP contribution in [0.3, 0.4) is 0 Å². The average molecular weight is 577 g/mol. The number of rotatable bonds is 8. The molecule has 4 aromatic rings. The molecule has 0 unspecified atom stereocenters. The van der Waals surface area contributed by atoms with Gasteiger partial charge in [0.15, 0.2) is 23.1 Å². The summed E-state index contributed by atoms with van der Waals surface area (Å²) in [7, 11) is 3.03. The molecule has 3 aromatic carbocycles. The summed E-state index contributed by atoms with van der Waals surface area (Å²) in [6.07, 6.45) is 2.89. The van der Waals surface area contributed by atoms with Crippen LogP contribution in [0.1, 0.15) is 22.8 Å². The second-order valence-corrected chi connectivity index (χ2v) is 9.13. The van der Waals surface area contributed by atoms with Crippen LogP contribution in [0.4, 0.5) is 20.2 Å². The minimum absolute atomic E-state index is 0.0536. The van der Waals surface area contributed by atoms with Crippen molar-refractivity contribution < 1.29 is 27.8 Å². The number of nitrogens with one attached hydrogen (secondary N) is 2. The molecule has 1 amide bonds. The number of aromatic nitrogens is 2. The largest absolute Gasteiger partial charge is 0.493 e. The van der Waals surface area contributed by atoms with Crippen molar-refractivity contribution in [1.29, 1.82) is 0 Å². The summed E-state index contributed by atoms with van der Waals surface area (Å²) in [5.41, 5.74) is -0.449. The number of methoxy groups -OCH3 is 2. The molecular formula is C30H26F2N4O6. The van der Waals surface area contributed by atoms with Gasteiger partial charge in [-0.1, -0.05) is 0 Å². The van der Waals surface area contributed by atoms with E-state index >= 15 is 4.39 Å². The summed E-state index contributed by atoms with van der Waals surface area (Å²) in [6.45, 7) is 2.26. The number of hydrogen-bond acceptors (Lipinski definition) is 7. The molecule has 42 heavy (non-hydrogen) atoms. The van der Waals surface area contributed by atoms with Gasteiger partial charge in [0.1, 0.15) is 17.1 Å². The van der Waals surface area contributed by atoms with Gasteiger partial charge in [-0.2, -0.15) is 0 Å². The Morgan fingerprint density at radius 1 is 0.976 bits per heavy atom. The summed E-state index contributed by atoms with van der Waals surface area (Å²) in [5.74, 6) is -0.884. The molecule has 0 fully saturated rings. The second kappa shape index (κ2) is 11.6. The van der Waals surface area contributed by atoms with Crippen LogP contribution in [-0.2, 0) is 6.54 Å². The Balaban J connectivity index is 1.41. The SMILES string of the molecule is CCn1cc(C(=O)Nc2ccc(OC3=CCNc4cc(OC)c(OC)cc43)c(F)c2)c(=O)n(-c2ccc(F)cc2)c1=O. The standard InChI is InChI=1S/C30H26F2N4O6/c1-4-35-16-21(29(38)36(30(35)39)19-8-5-17(31)6-9-19)28(37)34-18-7-10-25(22(32)13-18)42-24-11-12-33-23-15-27(41-3)26(40-2)14-20(23)24/h5-11,13-16,33H,4,12H2,1-3H3,(H,34,37). The fourth-order valence-electron chi connectivity index (χ4n) is 4.47. The number of amides is 1. The third kappa shape index (κ3) is 5.33. The normalized spacial score (nSPS) is 12.1. The van der Waals surface area contributed by atoms with Crippen LogP contribution in [0.15, 0.2) is 76.5 Å². The van der Waals surface area contributed by atoms with Crippen LogP contribution < -0.4 is 36.1 Å². The highest BCUT2D eigenvalue weighted by Crippen LogP contribution is 2.39. The lowest BCUT2D eigenvalue weighted by molar-refractivity contribution is 0.102. The van der Waals surface area contributed by atoms with E-state index < -0.39 is 28.8 Å². The van der Waals surface area contributed by atoms with Gasteiger partial charge in [-0.25, -0.2) is 18.1 Å². The van der Waals surface area contributed by atoms with E-state index in [-0.39, 0.29) is 29.2 Å². The Hall–Kier alpha value is -5.39. The molecule has 1 aromatic heterocycles. The molecule has 0 aliphatic carbocycles. The summed E-state index contributed by atoms with van der Waals surface area (Å²) in [5, 5.41) is 5.69. The smallest absolute Gasteiger partial charge is 0.335 e. The first-order valence-corrected chi connectivity index (χ1v) is 12.9. The highest BCUT2D eigenvalue weighted by Gasteiger charge is 2.22. The van der Waals surface area contributed by atoms with Crippen LogP contribution in [-0.4, -0.2) is 35.8 Å². The molecule has 0 saturated heterocycles. The molecule has 0 bridgehead atoms. The van der Waals surface area contributed by atoms with Crippen molar-refractivity contribution in [2.24, 2.45) is 0 Å². The lowest BCUT2D eigenvalue weighted by Crippen LogP contribution is -2.42. The van der Waals surface area contributed by atoms with Gasteiger partial charge in [0, 0.05) is 48.4 Å². The Kier molecular flexibility index (Phi) is 7.78. The van der Waals surface area contributed by atoms with Gasteiger partial charge in [-0.05, 0) is 55.5 Å². The van der Waals surface area contributed by atoms with Gasteiger partial charge in [0.25, 0.3) is 11.5 Å². The van der Waals surface area contributed by atoms with Gasteiger partial charge in [0.05, 0.1) is 19.9 Å². The van der Waals surface area contributed by atoms with Crippen LogP contribution in [0.2, 0.25) is 0 Å². The molecule has 216 valence electrons. The first-order chi connectivity index (χ1) is 20.2. The van der Waals surface area contributed by atoms with Gasteiger partial charge in [-0.15, -0.1) is 0 Å². The van der Waals surface area contributed by atoms with E-state index in [0.717, 1.165) is 29.0 Å². The first kappa shape index (κ1) is 28.1. The Morgan fingerprint density at radius 3 is 2.36 bits per heavy atom. The Labute approximate surface area is 238 Å². The van der Waals surface area contributed by atoms with Crippen LogP contribution in [0, 0.1) is 11.6 Å². The number of halogens is 2. The zero-order valence-electron chi connectivity index (χ0n) is 22.9. The van der Waals surface area contributed by atoms with Crippen molar-refractivity contribution in [2.75, 3.05) is 31.4 Å². The fourth-order valence-corrected chi connectivity index (χ4v) is 4.47. The minimum atomic E-state index is -0.905. The maximum atomic E-state index is 15.2. The van der Waals surface area contributed by atoms with Crippen molar-refractivity contribution in [3.8, 4) is 22.9 Å². The lowest BCUT2D eigenvalue weighted by atomic mass is 10.1. The van der Waals surface area contributed by atoms with Crippen molar-refractivity contribution >= 4 is 23.0 Å². The van der Waals surface area contributed by atoms with E-state index in [0.29, 0.717) is 35.1 Å².